The molecule has 7 N–H and O–H groups in total. The zero-order chi connectivity index (χ0) is 26.6. The molecule has 2 heterocycles. The van der Waals surface area contributed by atoms with Gasteiger partial charge in [-0.15, -0.1) is 0 Å². The number of hydrogen-bond donors (Lipinski definition) is 4. The number of amidine groups is 1. The molecule has 1 fully saturated rings. The average Bonchev–Trinajstić information content (AvgIpc) is 2.75. The molecule has 1 aliphatic rings. The Labute approximate surface area is 207 Å². The molecule has 0 radical (unpaired) electrons. The van der Waals surface area contributed by atoms with Crippen LogP contribution in [0.15, 0.2) is 35.1 Å². The van der Waals surface area contributed by atoms with Gasteiger partial charge in [-0.3, -0.25) is 9.69 Å². The van der Waals surface area contributed by atoms with E-state index < -0.39 is 17.6 Å². The minimum absolute atomic E-state index is 0.0435. The van der Waals surface area contributed by atoms with Crippen molar-refractivity contribution in [2.24, 2.45) is 22.2 Å². The third-order valence-corrected chi connectivity index (χ3v) is 5.95. The van der Waals surface area contributed by atoms with Crippen LogP contribution in [0.25, 0.3) is 0 Å². The van der Waals surface area contributed by atoms with Gasteiger partial charge < -0.3 is 22.5 Å². The fourth-order valence-corrected chi connectivity index (χ4v) is 4.26. The Balaban J connectivity index is 1.85. The van der Waals surface area contributed by atoms with Gasteiger partial charge in [0.15, 0.2) is 5.82 Å². The highest BCUT2D eigenvalue weighted by Crippen LogP contribution is 2.37. The number of amides is 1. The van der Waals surface area contributed by atoms with Crippen molar-refractivity contribution in [2.75, 3.05) is 25.0 Å². The van der Waals surface area contributed by atoms with E-state index in [1.54, 1.807) is 6.92 Å². The van der Waals surface area contributed by atoms with E-state index in [1.165, 1.54) is 11.6 Å². The predicted octanol–water partition coefficient (Wildman–Crippen LogP) is 3.37. The normalized spacial score (nSPS) is 16.3. The second-order valence-electron chi connectivity index (χ2n) is 9.02. The number of carbonyl (C=O) groups excluding carboxylic acids is 1. The summed E-state index contributed by atoms with van der Waals surface area (Å²) in [6.07, 6.45) is -0.971. The second-order valence-corrected chi connectivity index (χ2v) is 9.02. The Hall–Kier alpha value is -3.67. The number of halogens is 3. The quantitative estimate of drug-likeness (QED) is 0.334. The maximum atomic E-state index is 13.5. The molecule has 1 aromatic heterocycles. The van der Waals surface area contributed by atoms with Crippen LogP contribution < -0.4 is 22.5 Å². The van der Waals surface area contributed by atoms with Gasteiger partial charge in [0.2, 0.25) is 11.9 Å². The van der Waals surface area contributed by atoms with Crippen LogP contribution in [0.2, 0.25) is 0 Å². The largest absolute Gasteiger partial charge is 0.421 e. The van der Waals surface area contributed by atoms with Crippen molar-refractivity contribution in [1.29, 1.82) is 0 Å². The van der Waals surface area contributed by atoms with Gasteiger partial charge >= 0.3 is 6.18 Å². The fraction of sp³-hybridized carbons (Fsp3) is 0.417. The molecular formula is C24H31F3N8O. The Morgan fingerprint density at radius 1 is 1.19 bits per heavy atom. The number of hydrogen-bond acceptors (Lipinski definition) is 7. The lowest BCUT2D eigenvalue weighted by molar-refractivity contribution is -0.137. The number of likely N-dealkylation sites (tertiary alicyclic amines) is 1. The standard InChI is InChI=1S/C24H31F3N8O/c1-13-9-19(14(2)8-17(13)16-4-6-35(7-5-16)12-21(30)36)32-23-31-11-18(24(25,26)27)22(34-23)33-20(29)10-15(3)28/h8-11,16H,4-7,12,28H2,1-3H3,(H2,30,36)(H3,29,31,32,33,34)/b15-10-. The molecule has 0 unspecified atom stereocenters. The molecular weight excluding hydrogens is 473 g/mol. The van der Waals surface area contributed by atoms with Crippen molar-refractivity contribution in [3.05, 3.63) is 52.4 Å². The molecule has 1 amide bonds. The van der Waals surface area contributed by atoms with E-state index in [1.807, 2.05) is 19.9 Å². The highest BCUT2D eigenvalue weighted by atomic mass is 19.4. The van der Waals surface area contributed by atoms with E-state index in [0.29, 0.717) is 23.5 Å². The number of rotatable bonds is 7. The smallest absolute Gasteiger partial charge is 0.402 e. The van der Waals surface area contributed by atoms with Gasteiger partial charge in [-0.05, 0) is 81.5 Å². The first-order valence-electron chi connectivity index (χ1n) is 11.4. The summed E-state index contributed by atoms with van der Waals surface area (Å²) in [4.78, 5) is 24.9. The highest BCUT2D eigenvalue weighted by Gasteiger charge is 2.35. The molecule has 36 heavy (non-hydrogen) atoms. The molecule has 2 aromatic rings. The molecule has 1 aliphatic heterocycles. The first-order chi connectivity index (χ1) is 16.8. The van der Waals surface area contributed by atoms with Gasteiger partial charge in [0, 0.05) is 17.6 Å². The summed E-state index contributed by atoms with van der Waals surface area (Å²) >= 11 is 0. The van der Waals surface area contributed by atoms with E-state index in [9.17, 15) is 18.0 Å². The van der Waals surface area contributed by atoms with E-state index in [4.69, 9.17) is 17.2 Å². The minimum Gasteiger partial charge on any atom is -0.402 e. The summed E-state index contributed by atoms with van der Waals surface area (Å²) in [6, 6.07) is 4.00. The number of nitrogens with two attached hydrogens (primary N) is 3. The van der Waals surface area contributed by atoms with Gasteiger partial charge in [0.1, 0.15) is 11.4 Å². The summed E-state index contributed by atoms with van der Waals surface area (Å²) in [6.45, 7) is 7.28. The van der Waals surface area contributed by atoms with Crippen LogP contribution in [0.3, 0.4) is 0 Å². The SMILES string of the molecule is C/C(N)=C/C(N)=Nc1nc(Nc2cc(C)c(C3CCN(CC(N)=O)CC3)cc2C)ncc1C(F)(F)F. The number of nitrogens with one attached hydrogen (secondary N) is 1. The van der Waals surface area contributed by atoms with Gasteiger partial charge in [0.25, 0.3) is 0 Å². The van der Waals surface area contributed by atoms with Crippen molar-refractivity contribution >= 4 is 29.2 Å². The average molecular weight is 505 g/mol. The summed E-state index contributed by atoms with van der Waals surface area (Å²) in [7, 11) is 0. The second kappa shape index (κ2) is 10.9. The number of aliphatic imine (C=N–C) groups is 1. The number of benzene rings is 1. The van der Waals surface area contributed by atoms with Crippen LogP contribution in [0.1, 0.15) is 47.9 Å². The topological polar surface area (TPSA) is 149 Å². The lowest BCUT2D eigenvalue weighted by Crippen LogP contribution is -2.39. The summed E-state index contributed by atoms with van der Waals surface area (Å²) in [5, 5.41) is 3.01. The fourth-order valence-electron chi connectivity index (χ4n) is 4.26. The summed E-state index contributed by atoms with van der Waals surface area (Å²) < 4.78 is 40.4. The first-order valence-corrected chi connectivity index (χ1v) is 11.4. The summed E-state index contributed by atoms with van der Waals surface area (Å²) in [5.74, 6) is -0.846. The number of nitrogens with zero attached hydrogens (tertiary/aromatic N) is 4. The Kier molecular flexibility index (Phi) is 8.18. The minimum atomic E-state index is -4.71. The Bertz CT molecular complexity index is 1180. The molecule has 12 heteroatoms. The van der Waals surface area contributed by atoms with Gasteiger partial charge in [-0.25, -0.2) is 9.98 Å². The summed E-state index contributed by atoms with van der Waals surface area (Å²) in [5.41, 5.74) is 19.5. The number of allylic oxidation sites excluding steroid dienone is 1. The predicted molar refractivity (Wildman–Crippen MR) is 133 cm³/mol. The molecule has 0 atom stereocenters. The lowest BCUT2D eigenvalue weighted by atomic mass is 9.85. The van der Waals surface area contributed by atoms with Crippen molar-refractivity contribution in [3.63, 3.8) is 0 Å². The van der Waals surface area contributed by atoms with E-state index >= 15 is 0 Å². The molecule has 0 saturated carbocycles. The molecule has 0 spiro atoms. The van der Waals surface area contributed by atoms with E-state index in [2.05, 4.69) is 31.2 Å². The number of carbonyl (C=O) groups is 1. The monoisotopic (exact) mass is 504 g/mol. The third kappa shape index (κ3) is 6.94. The molecule has 1 saturated heterocycles. The zero-order valence-electron chi connectivity index (χ0n) is 20.5. The third-order valence-electron chi connectivity index (χ3n) is 5.95. The Morgan fingerprint density at radius 2 is 1.86 bits per heavy atom. The maximum Gasteiger partial charge on any atom is 0.421 e. The van der Waals surface area contributed by atoms with Crippen LogP contribution in [0.5, 0.6) is 0 Å². The number of primary amides is 1. The molecule has 0 bridgehead atoms. The van der Waals surface area contributed by atoms with Gasteiger partial charge in [-0.1, -0.05) is 6.07 Å². The van der Waals surface area contributed by atoms with Gasteiger partial charge in [-0.2, -0.15) is 18.2 Å². The number of aromatic nitrogens is 2. The molecule has 0 aliphatic carbocycles. The Morgan fingerprint density at radius 3 is 2.44 bits per heavy atom. The van der Waals surface area contributed by atoms with Crippen molar-refractivity contribution in [3.8, 4) is 0 Å². The molecule has 9 nitrogen and oxygen atoms in total. The molecule has 3 rings (SSSR count). The van der Waals surface area contributed by atoms with Crippen LogP contribution in [-0.4, -0.2) is 46.2 Å². The molecule has 1 aromatic carbocycles. The number of aryl methyl sites for hydroxylation is 2. The van der Waals surface area contributed by atoms with Crippen LogP contribution in [0.4, 0.5) is 30.6 Å². The maximum absolute atomic E-state index is 13.5. The lowest BCUT2D eigenvalue weighted by Gasteiger charge is -2.32. The van der Waals surface area contributed by atoms with E-state index in [0.717, 1.165) is 37.1 Å². The van der Waals surface area contributed by atoms with Crippen LogP contribution in [-0.2, 0) is 11.0 Å². The number of piperidine rings is 1. The van der Waals surface area contributed by atoms with Crippen molar-refractivity contribution < 1.29 is 18.0 Å². The van der Waals surface area contributed by atoms with E-state index in [-0.39, 0.29) is 24.2 Å². The van der Waals surface area contributed by atoms with Crippen molar-refractivity contribution in [1.82, 2.24) is 14.9 Å². The van der Waals surface area contributed by atoms with Crippen molar-refractivity contribution in [2.45, 2.75) is 45.7 Å². The van der Waals surface area contributed by atoms with Crippen LogP contribution >= 0.6 is 0 Å². The zero-order valence-corrected chi connectivity index (χ0v) is 20.5. The number of alkyl halides is 3. The first kappa shape index (κ1) is 26.9. The number of anilines is 2. The van der Waals surface area contributed by atoms with Crippen LogP contribution in [0, 0.1) is 13.8 Å². The molecule has 194 valence electrons. The van der Waals surface area contributed by atoms with Gasteiger partial charge in [0.05, 0.1) is 6.54 Å². The highest BCUT2D eigenvalue weighted by molar-refractivity contribution is 5.93.